The number of alkyl carbamates (subject to hydrolysis) is 1. The third kappa shape index (κ3) is 10.9. The monoisotopic (exact) mass is 905 g/mol. The lowest BCUT2D eigenvalue weighted by Crippen LogP contribution is -2.63. The van der Waals surface area contributed by atoms with Crippen molar-refractivity contribution in [3.63, 3.8) is 0 Å². The first-order chi connectivity index (χ1) is 32.6. The van der Waals surface area contributed by atoms with Crippen molar-refractivity contribution < 1.29 is 67.0 Å². The van der Waals surface area contributed by atoms with Crippen LogP contribution in [0.3, 0.4) is 0 Å². The Morgan fingerprint density at radius 2 is 0.910 bits per heavy atom. The van der Waals surface area contributed by atoms with Crippen LogP contribution in [0.4, 0.5) is 4.79 Å². The van der Waals surface area contributed by atoms with Crippen LogP contribution in [0.15, 0.2) is 170 Å². The molecule has 1 saturated heterocycles. The maximum Gasteiger partial charge on any atom is 0.407 e. The highest BCUT2D eigenvalue weighted by molar-refractivity contribution is 5.92. The first kappa shape index (κ1) is 45.4. The molecular weight excluding hydrogens is 863 g/mol. The Morgan fingerprint density at radius 1 is 0.493 bits per heavy atom. The van der Waals surface area contributed by atoms with Crippen LogP contribution in [0.5, 0.6) is 0 Å². The molecule has 1 amide bonds. The largest absolute Gasteiger partial charge is 0.480 e. The number of hydrogen-bond acceptors (Lipinski definition) is 13. The quantitative estimate of drug-likeness (QED) is 0.0727. The summed E-state index contributed by atoms with van der Waals surface area (Å²) in [6.45, 7) is -1.58. The van der Waals surface area contributed by atoms with Crippen molar-refractivity contribution in [1.29, 1.82) is 0 Å². The van der Waals surface area contributed by atoms with Gasteiger partial charge in [-0.15, -0.1) is 0 Å². The van der Waals surface area contributed by atoms with Crippen LogP contribution >= 0.6 is 0 Å². The van der Waals surface area contributed by atoms with E-state index in [9.17, 15) is 33.9 Å². The lowest BCUT2D eigenvalue weighted by atomic mass is 9.97. The number of fused-ring (bicyclic) bond motifs is 3. The average Bonchev–Trinajstić information content (AvgIpc) is 3.69. The van der Waals surface area contributed by atoms with Crippen molar-refractivity contribution >= 4 is 35.9 Å². The molecule has 0 bridgehead atoms. The number of carboxylic acids is 1. The highest BCUT2D eigenvalue weighted by Gasteiger charge is 2.54. The number of hydrogen-bond donors (Lipinski definition) is 2. The third-order valence-electron chi connectivity index (χ3n) is 11.1. The van der Waals surface area contributed by atoms with Crippen molar-refractivity contribution in [3.05, 3.63) is 203 Å². The lowest BCUT2D eigenvalue weighted by molar-refractivity contribution is -0.299. The smallest absolute Gasteiger partial charge is 0.407 e. The summed E-state index contributed by atoms with van der Waals surface area (Å²) in [7, 11) is 0. The van der Waals surface area contributed by atoms with E-state index >= 15 is 0 Å². The number of amides is 1. The van der Waals surface area contributed by atoms with Gasteiger partial charge in [-0.25, -0.2) is 28.8 Å². The van der Waals surface area contributed by atoms with Crippen LogP contribution in [-0.4, -0.2) is 97.6 Å². The summed E-state index contributed by atoms with van der Waals surface area (Å²) in [4.78, 5) is 81.0. The van der Waals surface area contributed by atoms with Crippen LogP contribution in [0, 0.1) is 0 Å². The van der Waals surface area contributed by atoms with E-state index in [-0.39, 0.29) is 34.8 Å². The molecule has 2 N–H and O–H groups in total. The van der Waals surface area contributed by atoms with Gasteiger partial charge in [0.2, 0.25) is 0 Å². The number of nitrogens with one attached hydrogen (secondary N) is 1. The summed E-state index contributed by atoms with van der Waals surface area (Å²) >= 11 is 0. The molecule has 0 saturated carbocycles. The van der Waals surface area contributed by atoms with Gasteiger partial charge in [0.05, 0.1) is 28.9 Å². The van der Waals surface area contributed by atoms with Gasteiger partial charge in [0, 0.05) is 5.92 Å². The SMILES string of the molecule is O=C(N[C@H](CO[C@@H]1O[C@H](COC(=O)c2ccccc2)[C@@H](OC(=O)c2ccccc2)[C@H](OC(=O)c2ccccc2)[C@H]1OC(=O)c1ccccc1)C(=O)O)OCC1c2ccccc2-c2ccccc21. The fourth-order valence-electron chi connectivity index (χ4n) is 7.81. The molecule has 6 atom stereocenters. The normalized spacial score (nSPS) is 18.8. The molecule has 0 aromatic heterocycles. The van der Waals surface area contributed by atoms with Gasteiger partial charge < -0.3 is 43.6 Å². The summed E-state index contributed by atoms with van der Waals surface area (Å²) in [6.07, 6.45) is -9.61. The van der Waals surface area contributed by atoms with Crippen molar-refractivity contribution in [2.24, 2.45) is 0 Å². The summed E-state index contributed by atoms with van der Waals surface area (Å²) in [5.41, 5.74) is 4.28. The van der Waals surface area contributed by atoms with Gasteiger partial charge >= 0.3 is 35.9 Å². The minimum atomic E-state index is -1.82. The molecule has 1 fully saturated rings. The molecule has 1 aliphatic heterocycles. The standard InChI is InChI=1S/C52H43NO14/c54-46(55)41(53-52(60)63-29-40-38-27-15-13-25-36(38)37-26-14-16-28-39(37)40)30-62-51-45(67-50(59)35-23-11-4-12-24-35)44(66-49(58)34-21-9-3-10-22-34)43(65-48(57)33-19-7-2-8-20-33)42(64-51)31-61-47(56)32-17-5-1-6-18-32/h1-28,40-45,51H,29-31H2,(H,53,60)(H,54,55)/t41-,42-,43-,44+,45-,51-/m1/s1. The first-order valence-corrected chi connectivity index (χ1v) is 21.3. The van der Waals surface area contributed by atoms with Crippen molar-refractivity contribution in [2.75, 3.05) is 19.8 Å². The van der Waals surface area contributed by atoms with Gasteiger partial charge in [-0.2, -0.15) is 0 Å². The minimum Gasteiger partial charge on any atom is -0.480 e. The molecule has 1 heterocycles. The zero-order valence-corrected chi connectivity index (χ0v) is 35.6. The van der Waals surface area contributed by atoms with E-state index in [1.54, 1.807) is 72.8 Å². The third-order valence-corrected chi connectivity index (χ3v) is 11.1. The van der Waals surface area contributed by atoms with Gasteiger partial charge in [-0.3, -0.25) is 0 Å². The number of carboxylic acid groups (broad SMARTS) is 1. The molecule has 340 valence electrons. The van der Waals surface area contributed by atoms with E-state index in [1.807, 2.05) is 48.5 Å². The molecule has 0 spiro atoms. The van der Waals surface area contributed by atoms with Crippen LogP contribution in [0.1, 0.15) is 58.5 Å². The van der Waals surface area contributed by atoms with E-state index in [0.717, 1.165) is 22.3 Å². The van der Waals surface area contributed by atoms with Gasteiger partial charge in [0.15, 0.2) is 30.6 Å². The Labute approximate surface area is 384 Å². The zero-order chi connectivity index (χ0) is 46.7. The van der Waals surface area contributed by atoms with Gasteiger partial charge in [0.25, 0.3) is 0 Å². The van der Waals surface area contributed by atoms with Gasteiger partial charge in [0.1, 0.15) is 19.3 Å². The van der Waals surface area contributed by atoms with Crippen LogP contribution in [-0.2, 0) is 38.0 Å². The molecule has 8 rings (SSSR count). The second kappa shape index (κ2) is 21.2. The summed E-state index contributed by atoms with van der Waals surface area (Å²) in [5, 5.41) is 12.7. The number of benzene rings is 6. The number of esters is 4. The van der Waals surface area contributed by atoms with E-state index in [2.05, 4.69) is 5.32 Å². The van der Waals surface area contributed by atoms with Crippen molar-refractivity contribution in [1.82, 2.24) is 5.32 Å². The Bertz CT molecular complexity index is 2650. The summed E-state index contributed by atoms with van der Waals surface area (Å²) in [6, 6.07) is 45.1. The van der Waals surface area contributed by atoms with Gasteiger partial charge in [-0.05, 0) is 70.8 Å². The molecule has 15 nitrogen and oxygen atoms in total. The second-order valence-electron chi connectivity index (χ2n) is 15.4. The predicted molar refractivity (Wildman–Crippen MR) is 238 cm³/mol. The summed E-state index contributed by atoms with van der Waals surface area (Å²) < 4.78 is 41.8. The van der Waals surface area contributed by atoms with E-state index in [4.69, 9.17) is 33.2 Å². The van der Waals surface area contributed by atoms with Crippen molar-refractivity contribution in [3.8, 4) is 11.1 Å². The highest BCUT2D eigenvalue weighted by Crippen LogP contribution is 2.44. The Hall–Kier alpha value is -8.14. The molecule has 6 aromatic carbocycles. The van der Waals surface area contributed by atoms with E-state index < -0.39 is 85.9 Å². The number of carbonyl (C=O) groups is 6. The average molecular weight is 906 g/mol. The molecule has 0 radical (unpaired) electrons. The maximum absolute atomic E-state index is 13.9. The highest BCUT2D eigenvalue weighted by atomic mass is 16.7. The minimum absolute atomic E-state index is 0.0615. The van der Waals surface area contributed by atoms with Crippen LogP contribution < -0.4 is 5.32 Å². The van der Waals surface area contributed by atoms with E-state index in [0.29, 0.717) is 0 Å². The molecule has 67 heavy (non-hydrogen) atoms. The molecular formula is C52H43NO14. The van der Waals surface area contributed by atoms with Crippen LogP contribution in [0.2, 0.25) is 0 Å². The lowest BCUT2D eigenvalue weighted by Gasteiger charge is -2.44. The summed E-state index contributed by atoms with van der Waals surface area (Å²) in [5.74, 6) is -5.42. The number of ether oxygens (including phenoxy) is 7. The topological polar surface area (TPSA) is 199 Å². The maximum atomic E-state index is 13.9. The zero-order valence-electron chi connectivity index (χ0n) is 35.6. The first-order valence-electron chi connectivity index (χ1n) is 21.3. The number of aliphatic carboxylic acids is 1. The van der Waals surface area contributed by atoms with E-state index in [1.165, 1.54) is 48.5 Å². The van der Waals surface area contributed by atoms with Gasteiger partial charge in [-0.1, -0.05) is 121 Å². The fraction of sp³-hybridized carbons (Fsp3) is 0.192. The molecule has 6 aromatic rings. The molecule has 0 unspecified atom stereocenters. The Balaban J connectivity index is 1.09. The fourth-order valence-corrected chi connectivity index (χ4v) is 7.81. The van der Waals surface area contributed by atoms with Crippen LogP contribution in [0.25, 0.3) is 11.1 Å². The van der Waals surface area contributed by atoms with Crippen molar-refractivity contribution in [2.45, 2.75) is 42.7 Å². The Kier molecular flexibility index (Phi) is 14.4. The number of carbonyl (C=O) groups excluding carboxylic acids is 5. The predicted octanol–water partition coefficient (Wildman–Crippen LogP) is 7.25. The second-order valence-corrected chi connectivity index (χ2v) is 15.4. The molecule has 2 aliphatic rings. The Morgan fingerprint density at radius 3 is 1.39 bits per heavy atom. The molecule has 15 heteroatoms. The number of rotatable bonds is 16. The molecule has 1 aliphatic carbocycles.